The molecule has 0 aromatic rings. The third kappa shape index (κ3) is 13.0. The molecule has 1 saturated heterocycles. The Kier molecular flexibility index (Phi) is 9.24. The van der Waals surface area contributed by atoms with Crippen LogP contribution < -0.4 is 4.89 Å². The Hall–Kier alpha value is -0.350. The van der Waals surface area contributed by atoms with E-state index in [0.717, 1.165) is 0 Å². The number of nitrogens with zero attached hydrogens (tertiary/aromatic N) is 1. The first kappa shape index (κ1) is 23.6. The predicted molar refractivity (Wildman–Crippen MR) is 71.9 cm³/mol. The molecule has 0 radical (unpaired) electrons. The molecule has 146 valence electrons. The smallest absolute Gasteiger partial charge is 0.412 e. The summed E-state index contributed by atoms with van der Waals surface area (Å²) in [5.74, 6) is 0. The summed E-state index contributed by atoms with van der Waals surface area (Å²) in [6, 6.07) is 0. The number of rotatable bonds is 6. The van der Waals surface area contributed by atoms with E-state index in [1.54, 1.807) is 0 Å². The molecule has 0 spiro atoms. The van der Waals surface area contributed by atoms with E-state index >= 15 is 0 Å². The minimum Gasteiger partial charge on any atom is -0.756 e. The van der Waals surface area contributed by atoms with Gasteiger partial charge in [-0.3, -0.25) is 4.57 Å². The molecule has 1 aliphatic heterocycles. The maximum atomic E-state index is 11.4. The normalized spacial score (nSPS) is 18.2. The van der Waals surface area contributed by atoms with Crippen molar-refractivity contribution in [3.63, 3.8) is 0 Å². The largest absolute Gasteiger partial charge is 0.756 e. The Bertz CT molecular complexity index is 387. The fraction of sp³-hybridized carbons (Fsp3) is 1.00. The van der Waals surface area contributed by atoms with Crippen molar-refractivity contribution in [2.75, 3.05) is 39.9 Å². The summed E-state index contributed by atoms with van der Waals surface area (Å²) < 4.78 is 86.3. The van der Waals surface area contributed by atoms with Crippen LogP contribution in [0.1, 0.15) is 26.2 Å². The average molecular weight is 389 g/mol. The Morgan fingerprint density at radius 1 is 1.00 bits per heavy atom. The number of hydrogen-bond acceptors (Lipinski definition) is 4. The van der Waals surface area contributed by atoms with Gasteiger partial charge in [-0.05, 0) is 6.42 Å². The lowest BCUT2D eigenvalue weighted by atomic mass is 10.4. The van der Waals surface area contributed by atoms with Gasteiger partial charge in [-0.2, -0.15) is 26.3 Å². The Morgan fingerprint density at radius 2 is 1.38 bits per heavy atom. The van der Waals surface area contributed by atoms with E-state index in [1.165, 1.54) is 43.4 Å². The number of quaternary nitrogens is 1. The molecule has 0 aromatic carbocycles. The van der Waals surface area contributed by atoms with Crippen LogP contribution in [0.2, 0.25) is 0 Å². The van der Waals surface area contributed by atoms with Crippen LogP contribution in [0.25, 0.3) is 0 Å². The predicted octanol–water partition coefficient (Wildman–Crippen LogP) is 3.25. The molecule has 0 atom stereocenters. The molecule has 24 heavy (non-hydrogen) atoms. The van der Waals surface area contributed by atoms with Crippen LogP contribution in [0.4, 0.5) is 26.3 Å². The summed E-state index contributed by atoms with van der Waals surface area (Å²) in [6.45, 7) is 2.06. The van der Waals surface area contributed by atoms with Crippen LogP contribution in [-0.4, -0.2) is 56.7 Å². The molecular weight excluding hydrogens is 367 g/mol. The lowest BCUT2D eigenvalue weighted by Crippen LogP contribution is -2.41. The fourth-order valence-corrected chi connectivity index (χ4v) is 2.89. The highest BCUT2D eigenvalue weighted by Gasteiger charge is 2.33. The van der Waals surface area contributed by atoms with E-state index in [0.29, 0.717) is 0 Å². The van der Waals surface area contributed by atoms with Crippen molar-refractivity contribution in [3.05, 3.63) is 0 Å². The standard InChI is InChI=1S/C8H18N.C4H5F6O4P/c1-3-6-9(2)7-4-5-8-9;5-3(6,7)1-13-15(11,12)14-2-4(8,9)10/h3-8H2,1-2H3;1-2H2,(H,11,12)/q+1;/p-1. The molecule has 0 bridgehead atoms. The number of alkyl halides is 6. The highest BCUT2D eigenvalue weighted by molar-refractivity contribution is 7.45. The van der Waals surface area contributed by atoms with Crippen molar-refractivity contribution >= 4 is 7.82 Å². The number of phosphoric ester groups is 1. The van der Waals surface area contributed by atoms with Gasteiger partial charge in [0.2, 0.25) is 0 Å². The Labute approximate surface area is 136 Å². The molecular formula is C12H22F6NO4P. The first-order chi connectivity index (χ1) is 10.7. The van der Waals surface area contributed by atoms with Crippen molar-refractivity contribution < 1.29 is 49.3 Å². The van der Waals surface area contributed by atoms with E-state index in [4.69, 9.17) is 0 Å². The maximum Gasteiger partial charge on any atom is 0.412 e. The number of halogens is 6. The van der Waals surface area contributed by atoms with Gasteiger partial charge in [-0.25, -0.2) is 0 Å². The minimum absolute atomic E-state index is 1.34. The van der Waals surface area contributed by atoms with Gasteiger partial charge in [0, 0.05) is 12.8 Å². The molecule has 0 aliphatic carbocycles. The van der Waals surface area contributed by atoms with Crippen molar-refractivity contribution in [2.24, 2.45) is 0 Å². The highest BCUT2D eigenvalue weighted by atomic mass is 31.2. The van der Waals surface area contributed by atoms with Crippen molar-refractivity contribution in [1.82, 2.24) is 0 Å². The number of phosphoric acid groups is 1. The van der Waals surface area contributed by atoms with E-state index in [1.807, 2.05) is 0 Å². The number of likely N-dealkylation sites (tertiary alicyclic amines) is 1. The quantitative estimate of drug-likeness (QED) is 0.398. The van der Waals surface area contributed by atoms with Crippen LogP contribution in [-0.2, 0) is 13.6 Å². The highest BCUT2D eigenvalue weighted by Crippen LogP contribution is 2.41. The first-order valence-corrected chi connectivity index (χ1v) is 8.71. The van der Waals surface area contributed by atoms with Crippen molar-refractivity contribution in [2.45, 2.75) is 38.5 Å². The van der Waals surface area contributed by atoms with Crippen LogP contribution >= 0.6 is 7.82 Å². The third-order valence-corrected chi connectivity index (χ3v) is 4.07. The average Bonchev–Trinajstić information content (AvgIpc) is 2.81. The molecule has 1 heterocycles. The molecule has 0 N–H and O–H groups in total. The molecule has 1 aliphatic rings. The lowest BCUT2D eigenvalue weighted by Gasteiger charge is -2.28. The minimum atomic E-state index is -5.58. The molecule has 5 nitrogen and oxygen atoms in total. The lowest BCUT2D eigenvalue weighted by molar-refractivity contribution is -0.897. The van der Waals surface area contributed by atoms with Gasteiger partial charge in [0.05, 0.1) is 26.7 Å². The van der Waals surface area contributed by atoms with Crippen molar-refractivity contribution in [1.29, 1.82) is 0 Å². The van der Waals surface area contributed by atoms with Gasteiger partial charge >= 0.3 is 12.4 Å². The topological polar surface area (TPSA) is 58.6 Å². The van der Waals surface area contributed by atoms with Crippen LogP contribution in [0.15, 0.2) is 0 Å². The molecule has 1 fully saturated rings. The van der Waals surface area contributed by atoms with E-state index in [-0.39, 0.29) is 0 Å². The zero-order valence-electron chi connectivity index (χ0n) is 13.5. The monoisotopic (exact) mass is 389 g/mol. The fourth-order valence-electron chi connectivity index (χ4n) is 2.20. The summed E-state index contributed by atoms with van der Waals surface area (Å²) in [5, 5.41) is 0. The summed E-state index contributed by atoms with van der Waals surface area (Å²) in [4.78, 5) is 10.3. The van der Waals surface area contributed by atoms with Gasteiger partial charge in [0.25, 0.3) is 7.82 Å². The van der Waals surface area contributed by atoms with Crippen LogP contribution in [0, 0.1) is 0 Å². The van der Waals surface area contributed by atoms with E-state index in [2.05, 4.69) is 23.0 Å². The van der Waals surface area contributed by atoms with Crippen LogP contribution in [0.5, 0.6) is 0 Å². The summed E-state index contributed by atoms with van der Waals surface area (Å²) in [7, 11) is -3.19. The molecule has 0 saturated carbocycles. The van der Waals surface area contributed by atoms with Crippen molar-refractivity contribution in [3.8, 4) is 0 Å². The molecule has 0 amide bonds. The molecule has 0 unspecified atom stereocenters. The summed E-state index contributed by atoms with van der Waals surface area (Å²) in [5.41, 5.74) is 0. The molecule has 12 heteroatoms. The van der Waals surface area contributed by atoms with Crippen LogP contribution in [0.3, 0.4) is 0 Å². The number of hydrogen-bond donors (Lipinski definition) is 0. The molecule has 1 rings (SSSR count). The van der Waals surface area contributed by atoms with Gasteiger partial charge in [0.1, 0.15) is 0 Å². The third-order valence-electron chi connectivity index (χ3n) is 3.18. The van der Waals surface area contributed by atoms with E-state index in [9.17, 15) is 35.8 Å². The first-order valence-electron chi connectivity index (χ1n) is 7.25. The summed E-state index contributed by atoms with van der Waals surface area (Å²) >= 11 is 0. The molecule has 0 aromatic heterocycles. The Morgan fingerprint density at radius 3 is 1.67 bits per heavy atom. The van der Waals surface area contributed by atoms with Gasteiger partial charge < -0.3 is 18.4 Å². The van der Waals surface area contributed by atoms with E-state index < -0.39 is 33.4 Å². The summed E-state index contributed by atoms with van der Waals surface area (Å²) in [6.07, 6.45) is -5.69. The SMILES string of the molecule is CCC[N+]1(C)CCCC1.O=P([O-])(OCC(F)(F)F)OCC(F)(F)F. The zero-order valence-corrected chi connectivity index (χ0v) is 14.3. The van der Waals surface area contributed by atoms with Gasteiger partial charge in [-0.15, -0.1) is 0 Å². The second-order valence-corrected chi connectivity index (χ2v) is 7.13. The maximum absolute atomic E-state index is 11.4. The second kappa shape index (κ2) is 9.38. The zero-order chi connectivity index (χ0) is 19.1. The van der Waals surface area contributed by atoms with Gasteiger partial charge in [-0.1, -0.05) is 6.92 Å². The second-order valence-electron chi connectivity index (χ2n) is 5.72. The van der Waals surface area contributed by atoms with Gasteiger partial charge in [0.15, 0.2) is 13.2 Å². The Balaban J connectivity index is 0.000000496.